The lowest BCUT2D eigenvalue weighted by atomic mass is 9.96. The number of phenolic OH excluding ortho intramolecular Hbond substituents is 1. The SMILES string of the molecule is CCOC(=O)COc1c(-c2cccc3c2COC3=O)ccc(O)c1OCC. The Labute approximate surface area is 156 Å². The largest absolute Gasteiger partial charge is 0.504 e. The molecule has 27 heavy (non-hydrogen) atoms. The van der Waals surface area contributed by atoms with Crippen LogP contribution in [0.1, 0.15) is 29.8 Å². The van der Waals surface area contributed by atoms with Crippen molar-refractivity contribution in [2.75, 3.05) is 19.8 Å². The third kappa shape index (κ3) is 3.67. The number of esters is 2. The van der Waals surface area contributed by atoms with E-state index in [2.05, 4.69) is 0 Å². The highest BCUT2D eigenvalue weighted by Gasteiger charge is 2.27. The summed E-state index contributed by atoms with van der Waals surface area (Å²) < 4.78 is 21.2. The lowest BCUT2D eigenvalue weighted by Crippen LogP contribution is -2.15. The summed E-state index contributed by atoms with van der Waals surface area (Å²) in [4.78, 5) is 23.6. The number of hydrogen-bond donors (Lipinski definition) is 1. The van der Waals surface area contributed by atoms with Gasteiger partial charge in [-0.1, -0.05) is 12.1 Å². The molecule has 1 aliphatic rings. The van der Waals surface area contributed by atoms with E-state index in [1.165, 1.54) is 6.07 Å². The number of cyclic esters (lactones) is 1. The average Bonchev–Trinajstić information content (AvgIpc) is 3.04. The molecule has 0 fully saturated rings. The minimum atomic E-state index is -0.536. The Morgan fingerprint density at radius 1 is 1.04 bits per heavy atom. The molecule has 0 radical (unpaired) electrons. The number of hydrogen-bond acceptors (Lipinski definition) is 7. The molecule has 0 aromatic heterocycles. The monoisotopic (exact) mass is 372 g/mol. The van der Waals surface area contributed by atoms with Crippen molar-refractivity contribution in [2.45, 2.75) is 20.5 Å². The normalized spacial score (nSPS) is 12.3. The number of aromatic hydroxyl groups is 1. The Morgan fingerprint density at radius 3 is 2.56 bits per heavy atom. The third-order valence-corrected chi connectivity index (χ3v) is 4.05. The molecule has 0 atom stereocenters. The van der Waals surface area contributed by atoms with Crippen LogP contribution in [0.15, 0.2) is 30.3 Å². The Kier molecular flexibility index (Phi) is 5.49. The van der Waals surface area contributed by atoms with Crippen LogP contribution in [0.5, 0.6) is 17.2 Å². The van der Waals surface area contributed by atoms with Gasteiger partial charge in [-0.3, -0.25) is 0 Å². The van der Waals surface area contributed by atoms with Gasteiger partial charge in [0, 0.05) is 11.1 Å². The zero-order chi connectivity index (χ0) is 19.4. The fourth-order valence-corrected chi connectivity index (χ4v) is 2.93. The molecule has 7 heteroatoms. The van der Waals surface area contributed by atoms with Crippen LogP contribution in [0.2, 0.25) is 0 Å². The molecular formula is C20H20O7. The first kappa shape index (κ1) is 18.6. The Hall–Kier alpha value is -3.22. The topological polar surface area (TPSA) is 91.3 Å². The van der Waals surface area contributed by atoms with Crippen molar-refractivity contribution in [1.82, 2.24) is 0 Å². The molecule has 3 rings (SSSR count). The van der Waals surface area contributed by atoms with E-state index in [0.717, 1.165) is 5.56 Å². The molecular weight excluding hydrogens is 352 g/mol. The van der Waals surface area contributed by atoms with Crippen LogP contribution in [0, 0.1) is 0 Å². The van der Waals surface area contributed by atoms with E-state index in [4.69, 9.17) is 18.9 Å². The summed E-state index contributed by atoms with van der Waals surface area (Å²) in [6.45, 7) is 3.81. The maximum absolute atomic E-state index is 11.9. The van der Waals surface area contributed by atoms with E-state index < -0.39 is 5.97 Å². The van der Waals surface area contributed by atoms with Crippen molar-refractivity contribution in [3.8, 4) is 28.4 Å². The molecule has 2 aromatic rings. The summed E-state index contributed by atoms with van der Waals surface area (Å²) in [7, 11) is 0. The van der Waals surface area contributed by atoms with E-state index in [1.54, 1.807) is 32.0 Å². The Balaban J connectivity index is 2.09. The first-order valence-electron chi connectivity index (χ1n) is 8.63. The molecule has 0 aliphatic carbocycles. The van der Waals surface area contributed by atoms with Gasteiger partial charge in [0.15, 0.2) is 18.1 Å². The third-order valence-electron chi connectivity index (χ3n) is 4.05. The Bertz CT molecular complexity index is 873. The second kappa shape index (κ2) is 7.99. The number of ether oxygens (including phenoxy) is 4. The van der Waals surface area contributed by atoms with E-state index in [9.17, 15) is 14.7 Å². The van der Waals surface area contributed by atoms with Gasteiger partial charge in [-0.15, -0.1) is 0 Å². The van der Waals surface area contributed by atoms with Crippen molar-refractivity contribution in [3.05, 3.63) is 41.5 Å². The smallest absolute Gasteiger partial charge is 0.344 e. The highest BCUT2D eigenvalue weighted by atomic mass is 16.6. The van der Waals surface area contributed by atoms with Gasteiger partial charge >= 0.3 is 11.9 Å². The van der Waals surface area contributed by atoms with Gasteiger partial charge in [-0.2, -0.15) is 0 Å². The second-order valence-electron chi connectivity index (χ2n) is 5.73. The molecule has 1 N–H and O–H groups in total. The number of carbonyl (C=O) groups is 2. The van der Waals surface area contributed by atoms with Gasteiger partial charge in [0.1, 0.15) is 6.61 Å². The molecule has 0 saturated carbocycles. The van der Waals surface area contributed by atoms with Crippen LogP contribution in [0.4, 0.5) is 0 Å². The van der Waals surface area contributed by atoms with E-state index in [1.807, 2.05) is 6.07 Å². The second-order valence-corrected chi connectivity index (χ2v) is 5.73. The zero-order valence-corrected chi connectivity index (χ0v) is 15.1. The predicted molar refractivity (Wildman–Crippen MR) is 96.0 cm³/mol. The molecule has 0 amide bonds. The van der Waals surface area contributed by atoms with Gasteiger partial charge in [0.25, 0.3) is 0 Å². The van der Waals surface area contributed by atoms with Gasteiger partial charge < -0.3 is 24.1 Å². The molecule has 2 aromatic carbocycles. The fourth-order valence-electron chi connectivity index (χ4n) is 2.93. The highest BCUT2D eigenvalue weighted by Crippen LogP contribution is 2.46. The molecule has 0 saturated heterocycles. The van der Waals surface area contributed by atoms with Crippen LogP contribution in [0.25, 0.3) is 11.1 Å². The van der Waals surface area contributed by atoms with E-state index >= 15 is 0 Å². The van der Waals surface area contributed by atoms with Crippen LogP contribution in [-0.2, 0) is 20.9 Å². The lowest BCUT2D eigenvalue weighted by Gasteiger charge is -2.18. The minimum absolute atomic E-state index is 0.112. The van der Waals surface area contributed by atoms with Crippen LogP contribution in [-0.4, -0.2) is 36.9 Å². The molecule has 7 nitrogen and oxygen atoms in total. The first-order chi connectivity index (χ1) is 13.1. The first-order valence-corrected chi connectivity index (χ1v) is 8.63. The van der Waals surface area contributed by atoms with Crippen molar-refractivity contribution < 1.29 is 33.6 Å². The summed E-state index contributed by atoms with van der Waals surface area (Å²) in [5.41, 5.74) is 2.49. The van der Waals surface area contributed by atoms with Gasteiger partial charge in [0.05, 0.1) is 18.8 Å². The Morgan fingerprint density at radius 2 is 1.81 bits per heavy atom. The fraction of sp³-hybridized carbons (Fsp3) is 0.300. The maximum Gasteiger partial charge on any atom is 0.344 e. The quantitative estimate of drug-likeness (QED) is 0.747. The molecule has 0 bridgehead atoms. The summed E-state index contributed by atoms with van der Waals surface area (Å²) in [6.07, 6.45) is 0. The summed E-state index contributed by atoms with van der Waals surface area (Å²) in [6, 6.07) is 8.38. The lowest BCUT2D eigenvalue weighted by molar-refractivity contribution is -0.145. The number of carbonyl (C=O) groups excluding carboxylic acids is 2. The molecule has 1 aliphatic heterocycles. The van der Waals surface area contributed by atoms with Gasteiger partial charge in [-0.05, 0) is 37.6 Å². The van der Waals surface area contributed by atoms with Gasteiger partial charge in [-0.25, -0.2) is 9.59 Å². The summed E-state index contributed by atoms with van der Waals surface area (Å²) in [5, 5.41) is 10.2. The van der Waals surface area contributed by atoms with Crippen molar-refractivity contribution >= 4 is 11.9 Å². The van der Waals surface area contributed by atoms with Crippen molar-refractivity contribution in [1.29, 1.82) is 0 Å². The van der Waals surface area contributed by atoms with Crippen LogP contribution < -0.4 is 9.47 Å². The van der Waals surface area contributed by atoms with E-state index in [-0.39, 0.29) is 43.0 Å². The highest BCUT2D eigenvalue weighted by molar-refractivity contribution is 5.96. The van der Waals surface area contributed by atoms with Gasteiger partial charge in [0.2, 0.25) is 5.75 Å². The maximum atomic E-state index is 11.9. The molecule has 1 heterocycles. The van der Waals surface area contributed by atoms with Crippen LogP contribution >= 0.6 is 0 Å². The van der Waals surface area contributed by atoms with Crippen LogP contribution in [0.3, 0.4) is 0 Å². The number of rotatable bonds is 7. The molecule has 142 valence electrons. The minimum Gasteiger partial charge on any atom is -0.504 e. The molecule has 0 spiro atoms. The zero-order valence-electron chi connectivity index (χ0n) is 15.1. The number of benzene rings is 2. The predicted octanol–water partition coefficient (Wildman–Crippen LogP) is 3.07. The van der Waals surface area contributed by atoms with E-state index in [0.29, 0.717) is 23.3 Å². The summed E-state index contributed by atoms with van der Waals surface area (Å²) >= 11 is 0. The number of fused-ring (bicyclic) bond motifs is 1. The number of phenols is 1. The van der Waals surface area contributed by atoms with Crippen molar-refractivity contribution in [2.24, 2.45) is 0 Å². The average molecular weight is 372 g/mol. The molecule has 0 unspecified atom stereocenters. The van der Waals surface area contributed by atoms with Crippen molar-refractivity contribution in [3.63, 3.8) is 0 Å². The summed E-state index contributed by atoms with van der Waals surface area (Å²) in [5.74, 6) is -0.699. The standard InChI is InChI=1S/C20H20O7/c1-3-24-17(22)11-26-18-13(8-9-16(21)19(18)25-4-2)12-6-5-7-14-15(12)10-27-20(14)23/h5-9,21H,3-4,10-11H2,1-2H3.